The summed E-state index contributed by atoms with van der Waals surface area (Å²) < 4.78 is 7.57. The Morgan fingerprint density at radius 1 is 1.50 bits per heavy atom. The van der Waals surface area contributed by atoms with Crippen molar-refractivity contribution in [2.45, 2.75) is 13.1 Å². The normalized spacial score (nSPS) is 17.8. The van der Waals surface area contributed by atoms with Crippen molar-refractivity contribution in [3.05, 3.63) is 53.0 Å². The molecule has 2 aromatic rings. The fourth-order valence-corrected chi connectivity index (χ4v) is 3.31. The van der Waals surface area contributed by atoms with Gasteiger partial charge in [0.05, 0.1) is 31.0 Å². The van der Waals surface area contributed by atoms with Gasteiger partial charge in [0.15, 0.2) is 0 Å². The predicted octanol–water partition coefficient (Wildman–Crippen LogP) is 2.42. The van der Waals surface area contributed by atoms with E-state index >= 15 is 0 Å². The van der Waals surface area contributed by atoms with Gasteiger partial charge < -0.3 is 9.64 Å². The Morgan fingerprint density at radius 3 is 3.18 bits per heavy atom. The maximum Gasteiger partial charge on any atom is 0.255 e. The number of carbonyl (C=O) groups excluding carboxylic acids is 1. The number of aromatic nitrogens is 2. The Morgan fingerprint density at radius 2 is 2.41 bits per heavy atom. The second-order valence-electron chi connectivity index (χ2n) is 5.39. The van der Waals surface area contributed by atoms with Crippen LogP contribution in [0.5, 0.6) is 0 Å². The first-order valence-electron chi connectivity index (χ1n) is 7.28. The Labute approximate surface area is 133 Å². The molecular weight excluding hydrogens is 298 g/mol. The van der Waals surface area contributed by atoms with Gasteiger partial charge in [-0.15, -0.1) is 6.58 Å². The molecule has 2 aromatic heterocycles. The predicted molar refractivity (Wildman–Crippen MR) is 85.8 cm³/mol. The zero-order valence-corrected chi connectivity index (χ0v) is 13.2. The maximum atomic E-state index is 12.7. The largest absolute Gasteiger partial charge is 0.377 e. The van der Waals surface area contributed by atoms with Gasteiger partial charge in [-0.2, -0.15) is 16.4 Å². The molecule has 0 fully saturated rings. The van der Waals surface area contributed by atoms with Crippen molar-refractivity contribution in [1.82, 2.24) is 14.7 Å². The summed E-state index contributed by atoms with van der Waals surface area (Å²) in [7, 11) is 0. The molecule has 0 bridgehead atoms. The minimum atomic E-state index is 0.0737. The number of nitrogens with zero attached hydrogens (tertiary/aromatic N) is 3. The van der Waals surface area contributed by atoms with Crippen LogP contribution in [0.2, 0.25) is 0 Å². The van der Waals surface area contributed by atoms with Crippen molar-refractivity contribution in [2.24, 2.45) is 5.92 Å². The number of hydrogen-bond acceptors (Lipinski definition) is 4. The highest BCUT2D eigenvalue weighted by Crippen LogP contribution is 2.19. The molecule has 0 radical (unpaired) electrons. The number of rotatable bonds is 5. The van der Waals surface area contributed by atoms with Gasteiger partial charge in [-0.05, 0) is 17.5 Å². The molecule has 1 aliphatic rings. The van der Waals surface area contributed by atoms with Crippen molar-refractivity contribution >= 4 is 17.2 Å². The summed E-state index contributed by atoms with van der Waals surface area (Å²) in [5.74, 6) is 0.299. The molecule has 0 aromatic carbocycles. The SMILES string of the molecule is C=CCOCC1CN(C(=O)c2ccsc2)Cc2ccnn2C1. The molecule has 22 heavy (non-hydrogen) atoms. The van der Waals surface area contributed by atoms with Crippen LogP contribution >= 0.6 is 11.3 Å². The van der Waals surface area contributed by atoms with E-state index in [4.69, 9.17) is 4.74 Å². The van der Waals surface area contributed by atoms with Crippen LogP contribution in [0.1, 0.15) is 16.1 Å². The molecule has 0 aliphatic carbocycles. The Hall–Kier alpha value is -1.92. The van der Waals surface area contributed by atoms with E-state index in [1.165, 1.54) is 0 Å². The van der Waals surface area contributed by atoms with Crippen LogP contribution in [0.4, 0.5) is 0 Å². The van der Waals surface area contributed by atoms with E-state index in [0.29, 0.717) is 26.3 Å². The molecule has 116 valence electrons. The van der Waals surface area contributed by atoms with E-state index in [0.717, 1.165) is 17.8 Å². The Kier molecular flexibility index (Phi) is 4.70. The highest BCUT2D eigenvalue weighted by Gasteiger charge is 2.26. The minimum absolute atomic E-state index is 0.0737. The standard InChI is InChI=1S/C16H19N3O2S/c1-2-6-21-11-13-8-18(16(20)14-4-7-22-12-14)10-15-3-5-17-19(15)9-13/h2-5,7,12-13H,1,6,8-11H2. The summed E-state index contributed by atoms with van der Waals surface area (Å²) >= 11 is 1.54. The van der Waals surface area contributed by atoms with Crippen molar-refractivity contribution < 1.29 is 9.53 Å². The van der Waals surface area contributed by atoms with Crippen LogP contribution in [0, 0.1) is 5.92 Å². The summed E-state index contributed by atoms with van der Waals surface area (Å²) in [5, 5.41) is 8.18. The van der Waals surface area contributed by atoms with Gasteiger partial charge in [0.1, 0.15) is 0 Å². The van der Waals surface area contributed by atoms with E-state index in [9.17, 15) is 4.79 Å². The van der Waals surface area contributed by atoms with Gasteiger partial charge in [0.2, 0.25) is 0 Å². The van der Waals surface area contributed by atoms with Gasteiger partial charge in [0.25, 0.3) is 5.91 Å². The molecule has 5 nitrogen and oxygen atoms in total. The summed E-state index contributed by atoms with van der Waals surface area (Å²) in [6.07, 6.45) is 3.53. The van der Waals surface area contributed by atoms with Crippen LogP contribution < -0.4 is 0 Å². The van der Waals surface area contributed by atoms with Crippen molar-refractivity contribution in [3.63, 3.8) is 0 Å². The second kappa shape index (κ2) is 6.89. The molecular formula is C16H19N3O2S. The molecule has 1 unspecified atom stereocenters. The van der Waals surface area contributed by atoms with Gasteiger partial charge in [-0.25, -0.2) is 0 Å². The first kappa shape index (κ1) is 15.0. The number of hydrogen-bond donors (Lipinski definition) is 0. The van der Waals surface area contributed by atoms with E-state index < -0.39 is 0 Å². The first-order valence-corrected chi connectivity index (χ1v) is 8.23. The molecule has 0 saturated carbocycles. The first-order chi connectivity index (χ1) is 10.8. The smallest absolute Gasteiger partial charge is 0.255 e. The van der Waals surface area contributed by atoms with Gasteiger partial charge in [-0.3, -0.25) is 9.48 Å². The molecule has 3 rings (SSSR count). The third-order valence-corrected chi connectivity index (χ3v) is 4.39. The van der Waals surface area contributed by atoms with E-state index in [2.05, 4.69) is 11.7 Å². The number of thiophene rings is 1. The van der Waals surface area contributed by atoms with E-state index in [1.807, 2.05) is 32.5 Å². The summed E-state index contributed by atoms with van der Waals surface area (Å²) in [5.41, 5.74) is 1.82. The van der Waals surface area contributed by atoms with Crippen molar-refractivity contribution in [2.75, 3.05) is 19.8 Å². The van der Waals surface area contributed by atoms with Gasteiger partial charge >= 0.3 is 0 Å². The Balaban J connectivity index is 1.77. The zero-order valence-electron chi connectivity index (χ0n) is 12.4. The average Bonchev–Trinajstić information content (AvgIpc) is 3.16. The van der Waals surface area contributed by atoms with Gasteiger partial charge in [0, 0.05) is 30.6 Å². The lowest BCUT2D eigenvalue weighted by atomic mass is 10.1. The fourth-order valence-electron chi connectivity index (χ4n) is 2.68. The molecule has 6 heteroatoms. The minimum Gasteiger partial charge on any atom is -0.377 e. The summed E-state index contributed by atoms with van der Waals surface area (Å²) in [4.78, 5) is 14.6. The lowest BCUT2D eigenvalue weighted by molar-refractivity contribution is 0.0637. The average molecular weight is 317 g/mol. The Bertz CT molecular complexity index is 636. The van der Waals surface area contributed by atoms with Crippen LogP contribution in [-0.2, 0) is 17.8 Å². The lowest BCUT2D eigenvalue weighted by Crippen LogP contribution is -2.35. The monoisotopic (exact) mass is 317 g/mol. The number of ether oxygens (including phenoxy) is 1. The molecule has 1 atom stereocenters. The van der Waals surface area contributed by atoms with Gasteiger partial charge in [-0.1, -0.05) is 6.08 Å². The summed E-state index contributed by atoms with van der Waals surface area (Å²) in [6, 6.07) is 3.85. The molecule has 3 heterocycles. The second-order valence-corrected chi connectivity index (χ2v) is 6.17. The van der Waals surface area contributed by atoms with E-state index in [-0.39, 0.29) is 11.8 Å². The fraction of sp³-hybridized carbons (Fsp3) is 0.375. The van der Waals surface area contributed by atoms with Crippen LogP contribution in [-0.4, -0.2) is 40.3 Å². The van der Waals surface area contributed by atoms with Crippen LogP contribution in [0.25, 0.3) is 0 Å². The third kappa shape index (κ3) is 3.28. The topological polar surface area (TPSA) is 47.4 Å². The number of amides is 1. The number of carbonyl (C=O) groups is 1. The maximum absolute atomic E-state index is 12.7. The zero-order chi connectivity index (χ0) is 15.4. The highest BCUT2D eigenvalue weighted by atomic mass is 32.1. The van der Waals surface area contributed by atoms with Crippen molar-refractivity contribution in [3.8, 4) is 0 Å². The highest BCUT2D eigenvalue weighted by molar-refractivity contribution is 7.08. The molecule has 0 spiro atoms. The third-order valence-electron chi connectivity index (χ3n) is 3.71. The quantitative estimate of drug-likeness (QED) is 0.628. The summed E-state index contributed by atoms with van der Waals surface area (Å²) in [6.45, 7) is 6.82. The molecule has 1 amide bonds. The molecule has 0 saturated heterocycles. The number of fused-ring (bicyclic) bond motifs is 1. The van der Waals surface area contributed by atoms with Crippen LogP contribution in [0.15, 0.2) is 41.7 Å². The molecule has 0 N–H and O–H groups in total. The molecule has 1 aliphatic heterocycles. The lowest BCUT2D eigenvalue weighted by Gasteiger charge is -2.23. The van der Waals surface area contributed by atoms with Crippen molar-refractivity contribution in [1.29, 1.82) is 0 Å². The van der Waals surface area contributed by atoms with Crippen LogP contribution in [0.3, 0.4) is 0 Å². The van der Waals surface area contributed by atoms with E-state index in [1.54, 1.807) is 23.6 Å².